The Morgan fingerprint density at radius 1 is 1.19 bits per heavy atom. The molecule has 0 spiro atoms. The Morgan fingerprint density at radius 2 is 1.86 bits per heavy atom. The lowest BCUT2D eigenvalue weighted by Crippen LogP contribution is -2.19. The number of hydrazone groups is 1. The van der Waals surface area contributed by atoms with Gasteiger partial charge in [-0.1, -0.05) is 46.3 Å². The van der Waals surface area contributed by atoms with Crippen molar-refractivity contribution in [2.75, 3.05) is 0 Å². The van der Waals surface area contributed by atoms with Gasteiger partial charge in [-0.3, -0.25) is 4.79 Å². The molecule has 0 saturated carbocycles. The van der Waals surface area contributed by atoms with Crippen molar-refractivity contribution in [3.8, 4) is 5.75 Å². The summed E-state index contributed by atoms with van der Waals surface area (Å²) in [5.41, 5.74) is 4.17. The highest BCUT2D eigenvalue weighted by atomic mass is 79.9. The number of halogens is 2. The van der Waals surface area contributed by atoms with Crippen LogP contribution in [-0.2, 0) is 0 Å². The molecule has 0 unspecified atom stereocenters. The minimum absolute atomic E-state index is 0.122. The fourth-order valence-corrected chi connectivity index (χ4v) is 2.90. The molecule has 108 valence electrons. The zero-order chi connectivity index (χ0) is 15.4. The van der Waals surface area contributed by atoms with Crippen LogP contribution >= 0.6 is 31.9 Å². The van der Waals surface area contributed by atoms with E-state index in [2.05, 4.69) is 42.4 Å². The zero-order valence-electron chi connectivity index (χ0n) is 11.1. The number of carbonyl (C=O) groups is 1. The van der Waals surface area contributed by atoms with Gasteiger partial charge in [-0.15, -0.1) is 0 Å². The summed E-state index contributed by atoms with van der Waals surface area (Å²) in [6, 6.07) is 12.7. The molecule has 2 N–H and O–H groups in total. The molecule has 2 rings (SSSR count). The highest BCUT2D eigenvalue weighted by Gasteiger charge is 2.14. The monoisotopic (exact) mass is 410 g/mol. The number of aromatic hydroxyl groups is 1. The lowest BCUT2D eigenvalue weighted by molar-refractivity contribution is 0.0952. The number of rotatable bonds is 3. The van der Waals surface area contributed by atoms with Gasteiger partial charge in [0, 0.05) is 4.47 Å². The van der Waals surface area contributed by atoms with Crippen molar-refractivity contribution < 1.29 is 9.90 Å². The van der Waals surface area contributed by atoms with Gasteiger partial charge < -0.3 is 5.11 Å². The minimum atomic E-state index is -0.482. The Balaban J connectivity index is 2.19. The summed E-state index contributed by atoms with van der Waals surface area (Å²) in [6.07, 6.45) is 0. The first-order chi connectivity index (χ1) is 9.99. The topological polar surface area (TPSA) is 61.7 Å². The number of hydrogen-bond acceptors (Lipinski definition) is 3. The number of nitrogens with one attached hydrogen (secondary N) is 1. The van der Waals surface area contributed by atoms with Crippen LogP contribution in [0.3, 0.4) is 0 Å². The molecule has 0 aliphatic carbocycles. The van der Waals surface area contributed by atoms with Gasteiger partial charge in [0.15, 0.2) is 0 Å². The summed E-state index contributed by atoms with van der Waals surface area (Å²) in [7, 11) is 0. The Kier molecular flexibility index (Phi) is 5.14. The molecule has 0 fully saturated rings. The number of carbonyl (C=O) groups excluding carboxylic acids is 1. The molecule has 4 nitrogen and oxygen atoms in total. The third kappa shape index (κ3) is 3.92. The SMILES string of the molecule is C/C(=N\NC(=O)c1cc(Br)cc(Br)c1O)c1ccccc1. The van der Waals surface area contributed by atoms with Crippen LogP contribution in [0, 0.1) is 0 Å². The standard InChI is InChI=1S/C15H12Br2N2O2/c1-9(10-5-3-2-4-6-10)18-19-15(21)12-7-11(16)8-13(17)14(12)20/h2-8,20H,1H3,(H,19,21)/b18-9+. The molecule has 0 aliphatic rings. The quantitative estimate of drug-likeness (QED) is 0.590. The van der Waals surface area contributed by atoms with Gasteiger partial charge in [0.25, 0.3) is 5.91 Å². The number of amides is 1. The third-order valence-electron chi connectivity index (χ3n) is 2.79. The van der Waals surface area contributed by atoms with E-state index in [0.29, 0.717) is 14.7 Å². The van der Waals surface area contributed by atoms with E-state index in [9.17, 15) is 9.90 Å². The second-order valence-corrected chi connectivity index (χ2v) is 6.06. The second kappa shape index (κ2) is 6.87. The smallest absolute Gasteiger partial charge is 0.275 e. The van der Waals surface area contributed by atoms with Crippen LogP contribution in [0.15, 0.2) is 56.5 Å². The van der Waals surface area contributed by atoms with E-state index in [-0.39, 0.29) is 11.3 Å². The maximum Gasteiger partial charge on any atom is 0.275 e. The molecule has 0 aliphatic heterocycles. The van der Waals surface area contributed by atoms with Crippen molar-refractivity contribution in [3.63, 3.8) is 0 Å². The van der Waals surface area contributed by atoms with Crippen molar-refractivity contribution in [2.45, 2.75) is 6.92 Å². The average Bonchev–Trinajstić information content (AvgIpc) is 2.49. The summed E-state index contributed by atoms with van der Waals surface area (Å²) in [5.74, 6) is -0.604. The van der Waals surface area contributed by atoms with Gasteiger partial charge in [0.05, 0.1) is 15.7 Å². The van der Waals surface area contributed by atoms with Gasteiger partial charge in [0.1, 0.15) is 5.75 Å². The lowest BCUT2D eigenvalue weighted by atomic mass is 10.1. The van der Waals surface area contributed by atoms with Gasteiger partial charge in [0.2, 0.25) is 0 Å². The molecule has 0 radical (unpaired) electrons. The number of hydrogen-bond donors (Lipinski definition) is 2. The molecular formula is C15H12Br2N2O2. The maximum absolute atomic E-state index is 12.1. The number of phenols is 1. The van der Waals surface area contributed by atoms with Crippen LogP contribution in [0.25, 0.3) is 0 Å². The van der Waals surface area contributed by atoms with Crippen molar-refractivity contribution in [1.29, 1.82) is 0 Å². The van der Waals surface area contributed by atoms with E-state index in [1.54, 1.807) is 13.0 Å². The van der Waals surface area contributed by atoms with Crippen LogP contribution in [0.5, 0.6) is 5.75 Å². The molecule has 0 heterocycles. The van der Waals surface area contributed by atoms with Crippen LogP contribution in [0.1, 0.15) is 22.8 Å². The van der Waals surface area contributed by atoms with Crippen LogP contribution in [-0.4, -0.2) is 16.7 Å². The Bertz CT molecular complexity index is 700. The largest absolute Gasteiger partial charge is 0.506 e. The summed E-state index contributed by atoms with van der Waals surface area (Å²) in [4.78, 5) is 12.1. The summed E-state index contributed by atoms with van der Waals surface area (Å²) >= 11 is 6.46. The minimum Gasteiger partial charge on any atom is -0.506 e. The molecule has 0 atom stereocenters. The third-order valence-corrected chi connectivity index (χ3v) is 3.85. The number of nitrogens with zero attached hydrogens (tertiary/aromatic N) is 1. The highest BCUT2D eigenvalue weighted by Crippen LogP contribution is 2.31. The molecular weight excluding hydrogens is 400 g/mol. The summed E-state index contributed by atoms with van der Waals surface area (Å²) in [6.45, 7) is 1.80. The molecule has 0 aromatic heterocycles. The zero-order valence-corrected chi connectivity index (χ0v) is 14.3. The molecule has 0 bridgehead atoms. The van der Waals surface area contributed by atoms with E-state index < -0.39 is 5.91 Å². The summed E-state index contributed by atoms with van der Waals surface area (Å²) < 4.78 is 1.12. The van der Waals surface area contributed by atoms with Gasteiger partial charge in [-0.05, 0) is 40.5 Å². The molecule has 2 aromatic carbocycles. The highest BCUT2D eigenvalue weighted by molar-refractivity contribution is 9.11. The molecule has 2 aromatic rings. The average molecular weight is 412 g/mol. The van der Waals surface area contributed by atoms with E-state index in [0.717, 1.165) is 5.56 Å². The fraction of sp³-hybridized carbons (Fsp3) is 0.0667. The van der Waals surface area contributed by atoms with Crippen LogP contribution < -0.4 is 5.43 Å². The van der Waals surface area contributed by atoms with Crippen molar-refractivity contribution in [3.05, 3.63) is 62.5 Å². The Labute approximate surface area is 139 Å². The van der Waals surface area contributed by atoms with Crippen molar-refractivity contribution in [2.24, 2.45) is 5.10 Å². The second-order valence-electron chi connectivity index (χ2n) is 4.29. The molecule has 21 heavy (non-hydrogen) atoms. The van der Waals surface area contributed by atoms with Crippen LogP contribution in [0.4, 0.5) is 0 Å². The first-order valence-electron chi connectivity index (χ1n) is 6.07. The number of benzene rings is 2. The van der Waals surface area contributed by atoms with E-state index in [1.165, 1.54) is 6.07 Å². The van der Waals surface area contributed by atoms with Gasteiger partial charge in [-0.2, -0.15) is 5.10 Å². The first kappa shape index (κ1) is 15.7. The van der Waals surface area contributed by atoms with Gasteiger partial charge >= 0.3 is 0 Å². The normalized spacial score (nSPS) is 11.3. The van der Waals surface area contributed by atoms with E-state index >= 15 is 0 Å². The predicted molar refractivity (Wildman–Crippen MR) is 89.6 cm³/mol. The maximum atomic E-state index is 12.1. The molecule has 0 saturated heterocycles. The number of phenolic OH excluding ortho intramolecular Hbond substituents is 1. The van der Waals surface area contributed by atoms with Crippen molar-refractivity contribution in [1.82, 2.24) is 5.43 Å². The fourth-order valence-electron chi connectivity index (χ4n) is 1.68. The van der Waals surface area contributed by atoms with E-state index in [1.807, 2.05) is 30.3 Å². The van der Waals surface area contributed by atoms with E-state index in [4.69, 9.17) is 0 Å². The van der Waals surface area contributed by atoms with Crippen molar-refractivity contribution >= 4 is 43.5 Å². The first-order valence-corrected chi connectivity index (χ1v) is 7.65. The van der Waals surface area contributed by atoms with Crippen LogP contribution in [0.2, 0.25) is 0 Å². The Morgan fingerprint density at radius 3 is 2.52 bits per heavy atom. The molecule has 1 amide bonds. The van der Waals surface area contributed by atoms with Gasteiger partial charge in [-0.25, -0.2) is 5.43 Å². The lowest BCUT2D eigenvalue weighted by Gasteiger charge is -2.07. The summed E-state index contributed by atoms with van der Waals surface area (Å²) in [5, 5.41) is 13.9. The predicted octanol–water partition coefficient (Wildman–Crippen LogP) is 4.07. The molecule has 6 heteroatoms. The Hall–Kier alpha value is -1.66.